The molecule has 2 fully saturated rings. The lowest BCUT2D eigenvalue weighted by atomic mass is 10.2. The van der Waals surface area contributed by atoms with Gasteiger partial charge in [0.25, 0.3) is 0 Å². The quantitative estimate of drug-likeness (QED) is 0.774. The molecule has 1 N–H and O–H groups in total. The normalized spacial score (nSPS) is 20.7. The molecule has 1 aromatic heterocycles. The van der Waals surface area contributed by atoms with Crippen molar-refractivity contribution >= 4 is 23.3 Å². The van der Waals surface area contributed by atoms with Crippen LogP contribution >= 0.6 is 11.6 Å². The number of likely N-dealkylation sites (tertiary alicyclic amines) is 2. The van der Waals surface area contributed by atoms with Crippen molar-refractivity contribution < 1.29 is 4.79 Å². The highest BCUT2D eigenvalue weighted by molar-refractivity contribution is 6.31. The summed E-state index contributed by atoms with van der Waals surface area (Å²) in [5.74, 6) is 0.731. The lowest BCUT2D eigenvalue weighted by molar-refractivity contribution is -0.117. The number of hydrogen-bond donors (Lipinski definition) is 1. The fourth-order valence-corrected chi connectivity index (χ4v) is 4.49. The highest BCUT2D eigenvalue weighted by Crippen LogP contribution is 2.21. The molecule has 1 aromatic carbocycles. The average molecular weight is 402 g/mol. The summed E-state index contributed by atoms with van der Waals surface area (Å²) in [5, 5.41) is 8.08. The number of amides is 1. The van der Waals surface area contributed by atoms with E-state index < -0.39 is 0 Å². The number of hydrogen-bond acceptors (Lipinski definition) is 4. The van der Waals surface area contributed by atoms with E-state index in [1.54, 1.807) is 10.9 Å². The van der Waals surface area contributed by atoms with Gasteiger partial charge in [0, 0.05) is 23.7 Å². The number of nitrogens with one attached hydrogen (secondary N) is 1. The summed E-state index contributed by atoms with van der Waals surface area (Å²) in [4.78, 5) is 17.6. The number of benzene rings is 1. The third-order valence-electron chi connectivity index (χ3n) is 5.78. The fraction of sp³-hybridized carbons (Fsp3) is 0.524. The number of nitrogens with zero attached hydrogens (tertiary/aromatic N) is 4. The molecule has 2 aliphatic rings. The minimum absolute atomic E-state index is 0.0224. The molecule has 1 atom stereocenters. The van der Waals surface area contributed by atoms with Gasteiger partial charge in [-0.15, -0.1) is 0 Å². The van der Waals surface area contributed by atoms with Crippen molar-refractivity contribution in [1.82, 2.24) is 19.6 Å². The van der Waals surface area contributed by atoms with E-state index in [-0.39, 0.29) is 5.91 Å². The van der Waals surface area contributed by atoms with Gasteiger partial charge in [0.1, 0.15) is 5.82 Å². The molecule has 4 rings (SSSR count). The van der Waals surface area contributed by atoms with Gasteiger partial charge in [-0.1, -0.05) is 29.8 Å². The summed E-state index contributed by atoms with van der Waals surface area (Å²) in [6.07, 6.45) is 6.69. The van der Waals surface area contributed by atoms with Crippen LogP contribution in [0.1, 0.15) is 31.2 Å². The summed E-state index contributed by atoms with van der Waals surface area (Å²) in [6.45, 7) is 5.48. The summed E-state index contributed by atoms with van der Waals surface area (Å²) >= 11 is 6.26. The van der Waals surface area contributed by atoms with E-state index in [1.807, 2.05) is 30.3 Å². The van der Waals surface area contributed by atoms with E-state index in [2.05, 4.69) is 20.2 Å². The van der Waals surface area contributed by atoms with E-state index in [0.29, 0.717) is 30.0 Å². The smallest absolute Gasteiger partial charge is 0.239 e. The molecule has 150 valence electrons. The van der Waals surface area contributed by atoms with Crippen LogP contribution in [0, 0.1) is 0 Å². The molecule has 2 saturated heterocycles. The van der Waals surface area contributed by atoms with Crippen LogP contribution in [0.15, 0.2) is 36.5 Å². The van der Waals surface area contributed by atoms with Gasteiger partial charge < -0.3 is 10.2 Å². The van der Waals surface area contributed by atoms with E-state index in [1.165, 1.54) is 38.8 Å². The standard InChI is InChI=1S/C21H28ClN5O/c22-19-8-2-1-6-17(19)14-27-20(9-10-23-27)24-21(28)16-26-13-5-7-18(26)15-25-11-3-4-12-25/h1-2,6,8-10,18H,3-5,7,11-16H2,(H,24,28). The number of carbonyl (C=O) groups excluding carboxylic acids is 1. The first-order valence-corrected chi connectivity index (χ1v) is 10.6. The maximum Gasteiger partial charge on any atom is 0.239 e. The Kier molecular flexibility index (Phi) is 6.29. The van der Waals surface area contributed by atoms with Crippen molar-refractivity contribution in [3.05, 3.63) is 47.1 Å². The monoisotopic (exact) mass is 401 g/mol. The number of halogens is 1. The van der Waals surface area contributed by atoms with Crippen LogP contribution in [0.2, 0.25) is 5.02 Å². The van der Waals surface area contributed by atoms with Crippen molar-refractivity contribution in [1.29, 1.82) is 0 Å². The molecule has 3 heterocycles. The van der Waals surface area contributed by atoms with Crippen molar-refractivity contribution in [2.45, 2.75) is 38.3 Å². The topological polar surface area (TPSA) is 53.4 Å². The third kappa shape index (κ3) is 4.74. The number of carbonyl (C=O) groups is 1. The first kappa shape index (κ1) is 19.4. The Labute approximate surface area is 171 Å². The van der Waals surface area contributed by atoms with E-state index >= 15 is 0 Å². The third-order valence-corrected chi connectivity index (χ3v) is 6.14. The van der Waals surface area contributed by atoms with Crippen LogP contribution < -0.4 is 5.32 Å². The SMILES string of the molecule is O=C(CN1CCCC1CN1CCCC1)Nc1ccnn1Cc1ccccc1Cl. The minimum Gasteiger partial charge on any atom is -0.310 e. The molecule has 2 aromatic rings. The zero-order chi connectivity index (χ0) is 19.3. The van der Waals surface area contributed by atoms with Crippen molar-refractivity contribution in [2.75, 3.05) is 38.0 Å². The molecule has 7 heteroatoms. The molecule has 6 nitrogen and oxygen atoms in total. The summed E-state index contributed by atoms with van der Waals surface area (Å²) < 4.78 is 1.78. The van der Waals surface area contributed by atoms with Gasteiger partial charge in [0.2, 0.25) is 5.91 Å². The molecular weight excluding hydrogens is 374 g/mol. The maximum atomic E-state index is 12.7. The lowest BCUT2D eigenvalue weighted by Crippen LogP contribution is -2.43. The Bertz CT molecular complexity index is 802. The van der Waals surface area contributed by atoms with Gasteiger partial charge in [-0.2, -0.15) is 5.10 Å². The summed E-state index contributed by atoms with van der Waals surface area (Å²) in [7, 11) is 0. The lowest BCUT2D eigenvalue weighted by Gasteiger charge is -2.27. The van der Waals surface area contributed by atoms with Crippen LogP contribution in [0.5, 0.6) is 0 Å². The number of rotatable bonds is 7. The van der Waals surface area contributed by atoms with Crippen LogP contribution in [-0.4, -0.2) is 64.3 Å². The Morgan fingerprint density at radius 1 is 1.14 bits per heavy atom. The van der Waals surface area contributed by atoms with E-state index in [0.717, 1.165) is 18.7 Å². The molecule has 1 amide bonds. The summed E-state index contributed by atoms with van der Waals surface area (Å²) in [6, 6.07) is 10.0. The van der Waals surface area contributed by atoms with Crippen molar-refractivity contribution in [3.63, 3.8) is 0 Å². The maximum absolute atomic E-state index is 12.7. The van der Waals surface area contributed by atoms with Crippen LogP contribution in [0.3, 0.4) is 0 Å². The molecule has 28 heavy (non-hydrogen) atoms. The minimum atomic E-state index is 0.0224. The van der Waals surface area contributed by atoms with Gasteiger partial charge in [-0.3, -0.25) is 9.69 Å². The Morgan fingerprint density at radius 3 is 2.79 bits per heavy atom. The largest absolute Gasteiger partial charge is 0.310 e. The molecule has 0 aliphatic carbocycles. The fourth-order valence-electron chi connectivity index (χ4n) is 4.29. The molecule has 2 aliphatic heterocycles. The number of aromatic nitrogens is 2. The van der Waals surface area contributed by atoms with Gasteiger partial charge in [-0.05, 0) is 56.9 Å². The molecule has 0 spiro atoms. The second kappa shape index (κ2) is 9.07. The van der Waals surface area contributed by atoms with E-state index in [4.69, 9.17) is 11.6 Å². The Hall–Kier alpha value is -1.89. The van der Waals surface area contributed by atoms with Crippen molar-refractivity contribution in [2.24, 2.45) is 0 Å². The number of anilines is 1. The van der Waals surface area contributed by atoms with Crippen molar-refractivity contribution in [3.8, 4) is 0 Å². The highest BCUT2D eigenvalue weighted by atomic mass is 35.5. The summed E-state index contributed by atoms with van der Waals surface area (Å²) in [5.41, 5.74) is 0.980. The predicted molar refractivity (Wildman–Crippen MR) is 112 cm³/mol. The van der Waals surface area contributed by atoms with Crippen LogP contribution in [-0.2, 0) is 11.3 Å². The zero-order valence-electron chi connectivity index (χ0n) is 16.2. The first-order chi connectivity index (χ1) is 13.7. The first-order valence-electron chi connectivity index (χ1n) is 10.2. The zero-order valence-corrected chi connectivity index (χ0v) is 16.9. The predicted octanol–water partition coefficient (Wildman–Crippen LogP) is 3.08. The molecule has 0 saturated carbocycles. The van der Waals surface area contributed by atoms with Crippen LogP contribution in [0.25, 0.3) is 0 Å². The highest BCUT2D eigenvalue weighted by Gasteiger charge is 2.28. The molecular formula is C21H28ClN5O. The second-order valence-corrected chi connectivity index (χ2v) is 8.20. The molecule has 0 radical (unpaired) electrons. The second-order valence-electron chi connectivity index (χ2n) is 7.79. The Morgan fingerprint density at radius 2 is 1.96 bits per heavy atom. The molecule has 1 unspecified atom stereocenters. The Balaban J connectivity index is 1.34. The van der Waals surface area contributed by atoms with Crippen LogP contribution in [0.4, 0.5) is 5.82 Å². The average Bonchev–Trinajstić information content (AvgIpc) is 3.42. The van der Waals surface area contributed by atoms with Gasteiger partial charge in [0.05, 0.1) is 19.3 Å². The van der Waals surface area contributed by atoms with Gasteiger partial charge in [-0.25, -0.2) is 4.68 Å². The van der Waals surface area contributed by atoms with Gasteiger partial charge in [0.15, 0.2) is 0 Å². The van der Waals surface area contributed by atoms with Gasteiger partial charge >= 0.3 is 0 Å². The molecule has 0 bridgehead atoms. The van der Waals surface area contributed by atoms with E-state index in [9.17, 15) is 4.79 Å².